The average molecular weight is 441 g/mol. The Morgan fingerprint density at radius 2 is 1.71 bits per heavy atom. The molecule has 144 valence electrons. The third-order valence-electron chi connectivity index (χ3n) is 4.01. The minimum Gasteiger partial charge on any atom is -0.489 e. The van der Waals surface area contributed by atoms with Crippen molar-refractivity contribution in [3.63, 3.8) is 0 Å². The van der Waals surface area contributed by atoms with Gasteiger partial charge in [0.05, 0.1) is 12.2 Å². The lowest BCUT2D eigenvalue weighted by molar-refractivity contribution is 0.0525. The fourth-order valence-electron chi connectivity index (χ4n) is 2.65. The van der Waals surface area contributed by atoms with E-state index in [1.807, 2.05) is 61.5 Å². The summed E-state index contributed by atoms with van der Waals surface area (Å²) in [5.41, 5.74) is 2.30. The van der Waals surface area contributed by atoms with Crippen molar-refractivity contribution in [2.45, 2.75) is 20.5 Å². The first kappa shape index (κ1) is 20.0. The van der Waals surface area contributed by atoms with Crippen molar-refractivity contribution in [3.8, 4) is 17.2 Å². The van der Waals surface area contributed by atoms with Crippen LogP contribution in [0.3, 0.4) is 0 Å². The molecule has 0 aliphatic rings. The van der Waals surface area contributed by atoms with Crippen LogP contribution >= 0.6 is 15.9 Å². The van der Waals surface area contributed by atoms with E-state index in [2.05, 4.69) is 15.9 Å². The molecule has 0 aliphatic carbocycles. The van der Waals surface area contributed by atoms with Crippen molar-refractivity contribution in [2.75, 3.05) is 6.61 Å². The zero-order valence-electron chi connectivity index (χ0n) is 15.8. The van der Waals surface area contributed by atoms with Crippen LogP contribution in [-0.2, 0) is 11.3 Å². The fraction of sp³-hybridized carbons (Fsp3) is 0.174. The Kier molecular flexibility index (Phi) is 6.71. The normalized spacial score (nSPS) is 10.4. The van der Waals surface area contributed by atoms with Gasteiger partial charge in [-0.3, -0.25) is 0 Å². The van der Waals surface area contributed by atoms with Gasteiger partial charge in [0, 0.05) is 4.47 Å². The Bertz CT molecular complexity index is 951. The number of hydrogen-bond donors (Lipinski definition) is 0. The second-order valence-corrected chi connectivity index (χ2v) is 7.11. The van der Waals surface area contributed by atoms with Gasteiger partial charge < -0.3 is 14.2 Å². The number of para-hydroxylation sites is 1. The summed E-state index contributed by atoms with van der Waals surface area (Å²) < 4.78 is 18.0. The maximum atomic E-state index is 12.2. The number of benzene rings is 3. The largest absolute Gasteiger partial charge is 0.489 e. The summed E-state index contributed by atoms with van der Waals surface area (Å²) in [7, 11) is 0. The number of carbonyl (C=O) groups excluding carboxylic acids is 1. The molecule has 0 N–H and O–H groups in total. The van der Waals surface area contributed by atoms with Crippen molar-refractivity contribution < 1.29 is 19.0 Å². The van der Waals surface area contributed by atoms with Crippen LogP contribution in [0.4, 0.5) is 0 Å². The molecule has 0 radical (unpaired) electrons. The summed E-state index contributed by atoms with van der Waals surface area (Å²) in [6, 6.07) is 20.6. The van der Waals surface area contributed by atoms with Gasteiger partial charge in [-0.25, -0.2) is 4.79 Å². The second kappa shape index (κ2) is 9.42. The molecule has 0 aliphatic heterocycles. The highest BCUT2D eigenvalue weighted by Crippen LogP contribution is 2.27. The van der Waals surface area contributed by atoms with Gasteiger partial charge in [-0.15, -0.1) is 0 Å². The van der Waals surface area contributed by atoms with E-state index >= 15 is 0 Å². The van der Waals surface area contributed by atoms with Crippen molar-refractivity contribution in [2.24, 2.45) is 0 Å². The maximum absolute atomic E-state index is 12.2. The van der Waals surface area contributed by atoms with E-state index in [9.17, 15) is 4.79 Å². The number of halogens is 1. The molecule has 3 rings (SSSR count). The van der Waals surface area contributed by atoms with Gasteiger partial charge in [0.15, 0.2) is 0 Å². The number of hydrogen-bond acceptors (Lipinski definition) is 4. The van der Waals surface area contributed by atoms with E-state index in [4.69, 9.17) is 14.2 Å². The molecule has 5 heteroatoms. The third kappa shape index (κ3) is 5.36. The number of rotatable bonds is 7. The Hall–Kier alpha value is -2.79. The van der Waals surface area contributed by atoms with Crippen LogP contribution in [0.15, 0.2) is 71.2 Å². The highest BCUT2D eigenvalue weighted by atomic mass is 79.9. The first-order chi connectivity index (χ1) is 13.5. The van der Waals surface area contributed by atoms with E-state index in [0.717, 1.165) is 21.3 Å². The van der Waals surface area contributed by atoms with Gasteiger partial charge >= 0.3 is 5.97 Å². The minimum absolute atomic E-state index is 0.311. The monoisotopic (exact) mass is 440 g/mol. The smallest absolute Gasteiger partial charge is 0.338 e. The van der Waals surface area contributed by atoms with Crippen LogP contribution in [0, 0.1) is 6.92 Å². The number of ether oxygens (including phenoxy) is 3. The van der Waals surface area contributed by atoms with Crippen molar-refractivity contribution >= 4 is 21.9 Å². The molecule has 0 heterocycles. The molecular formula is C23H21BrO4. The third-order valence-corrected chi connectivity index (χ3v) is 4.54. The summed E-state index contributed by atoms with van der Waals surface area (Å²) in [5, 5.41) is 0. The molecular weight excluding hydrogens is 420 g/mol. The van der Waals surface area contributed by atoms with Crippen LogP contribution in [-0.4, -0.2) is 12.6 Å². The highest BCUT2D eigenvalue weighted by Gasteiger charge is 2.12. The molecule has 0 aromatic heterocycles. The zero-order valence-corrected chi connectivity index (χ0v) is 17.4. The molecule has 0 amide bonds. The molecule has 0 bridgehead atoms. The highest BCUT2D eigenvalue weighted by molar-refractivity contribution is 9.10. The summed E-state index contributed by atoms with van der Waals surface area (Å²) in [6.45, 7) is 4.40. The molecule has 3 aromatic rings. The van der Waals surface area contributed by atoms with Gasteiger partial charge in [-0.2, -0.15) is 0 Å². The van der Waals surface area contributed by atoms with Crippen molar-refractivity contribution in [1.29, 1.82) is 0 Å². The Morgan fingerprint density at radius 3 is 2.43 bits per heavy atom. The molecule has 28 heavy (non-hydrogen) atoms. The lowest BCUT2D eigenvalue weighted by Crippen LogP contribution is -2.06. The van der Waals surface area contributed by atoms with Gasteiger partial charge in [-0.05, 0) is 73.5 Å². The molecule has 4 nitrogen and oxygen atoms in total. The number of aryl methyl sites for hydroxylation is 1. The Labute approximate surface area is 173 Å². The Morgan fingerprint density at radius 1 is 0.964 bits per heavy atom. The van der Waals surface area contributed by atoms with Gasteiger partial charge in [0.25, 0.3) is 0 Å². The van der Waals surface area contributed by atoms with Crippen LogP contribution in [0.2, 0.25) is 0 Å². The van der Waals surface area contributed by atoms with Crippen LogP contribution in [0.1, 0.15) is 28.4 Å². The molecule has 3 aromatic carbocycles. The summed E-state index contributed by atoms with van der Waals surface area (Å²) in [5.74, 6) is 1.64. The number of carbonyl (C=O) groups is 1. The lowest BCUT2D eigenvalue weighted by atomic mass is 10.1. The van der Waals surface area contributed by atoms with Gasteiger partial charge in [-0.1, -0.05) is 34.1 Å². The first-order valence-corrected chi connectivity index (χ1v) is 9.77. The van der Waals surface area contributed by atoms with E-state index in [1.165, 1.54) is 0 Å². The van der Waals surface area contributed by atoms with Crippen molar-refractivity contribution in [1.82, 2.24) is 0 Å². The SMILES string of the molecule is CCOC(=O)c1cc(COc2ccccc2C)cc(Oc2ccc(Br)cc2)c1. The quantitative estimate of drug-likeness (QED) is 0.404. The summed E-state index contributed by atoms with van der Waals surface area (Å²) >= 11 is 3.41. The summed E-state index contributed by atoms with van der Waals surface area (Å²) in [4.78, 5) is 12.2. The van der Waals surface area contributed by atoms with E-state index in [0.29, 0.717) is 30.3 Å². The Balaban J connectivity index is 1.85. The zero-order chi connectivity index (χ0) is 19.9. The van der Waals surface area contributed by atoms with Crippen LogP contribution < -0.4 is 9.47 Å². The maximum Gasteiger partial charge on any atom is 0.338 e. The van der Waals surface area contributed by atoms with E-state index in [1.54, 1.807) is 19.1 Å². The van der Waals surface area contributed by atoms with Crippen molar-refractivity contribution in [3.05, 3.63) is 87.9 Å². The van der Waals surface area contributed by atoms with Crippen LogP contribution in [0.25, 0.3) is 0 Å². The predicted octanol–water partition coefficient (Wildman–Crippen LogP) is 6.31. The van der Waals surface area contributed by atoms with Crippen LogP contribution in [0.5, 0.6) is 17.2 Å². The minimum atomic E-state index is -0.388. The van der Waals surface area contributed by atoms with E-state index in [-0.39, 0.29) is 5.97 Å². The molecule has 0 unspecified atom stereocenters. The lowest BCUT2D eigenvalue weighted by Gasteiger charge is -2.13. The molecule has 0 saturated heterocycles. The number of esters is 1. The summed E-state index contributed by atoms with van der Waals surface area (Å²) in [6.07, 6.45) is 0. The molecule has 0 fully saturated rings. The molecule has 0 atom stereocenters. The predicted molar refractivity (Wildman–Crippen MR) is 112 cm³/mol. The molecule has 0 spiro atoms. The fourth-order valence-corrected chi connectivity index (χ4v) is 2.92. The second-order valence-electron chi connectivity index (χ2n) is 6.20. The standard InChI is InChI=1S/C23H21BrO4/c1-3-26-23(25)18-12-17(15-27-22-7-5-4-6-16(22)2)13-21(14-18)28-20-10-8-19(24)9-11-20/h4-14H,3,15H2,1-2H3. The topological polar surface area (TPSA) is 44.8 Å². The van der Waals surface area contributed by atoms with Gasteiger partial charge in [0.1, 0.15) is 23.9 Å². The first-order valence-electron chi connectivity index (χ1n) is 8.98. The average Bonchev–Trinajstić information content (AvgIpc) is 2.69. The van der Waals surface area contributed by atoms with E-state index < -0.39 is 0 Å². The molecule has 0 saturated carbocycles. The van der Waals surface area contributed by atoms with Gasteiger partial charge in [0.2, 0.25) is 0 Å².